The third-order valence-corrected chi connectivity index (χ3v) is 4.80. The van der Waals surface area contributed by atoms with E-state index in [1.54, 1.807) is 0 Å². The van der Waals surface area contributed by atoms with Crippen LogP contribution in [0.5, 0.6) is 0 Å². The van der Waals surface area contributed by atoms with E-state index in [-0.39, 0.29) is 6.54 Å². The predicted octanol–water partition coefficient (Wildman–Crippen LogP) is 2.52. The maximum Gasteiger partial charge on any atom is 0.416 e. The van der Waals surface area contributed by atoms with E-state index in [0.717, 1.165) is 12.1 Å². The van der Waals surface area contributed by atoms with Crippen molar-refractivity contribution in [2.24, 2.45) is 0 Å². The highest BCUT2D eigenvalue weighted by molar-refractivity contribution is 7.22. The summed E-state index contributed by atoms with van der Waals surface area (Å²) < 4.78 is 38.9. The van der Waals surface area contributed by atoms with Gasteiger partial charge in [-0.25, -0.2) is 4.98 Å². The van der Waals surface area contributed by atoms with Gasteiger partial charge in [0.2, 0.25) is 0 Å². The molecule has 5 nitrogen and oxygen atoms in total. The average molecular weight is 345 g/mol. The first-order valence-corrected chi connectivity index (χ1v) is 7.81. The largest absolute Gasteiger partial charge is 0.480 e. The number of fused-ring (bicyclic) bond motifs is 1. The van der Waals surface area contributed by atoms with Gasteiger partial charge in [-0.2, -0.15) is 13.2 Å². The summed E-state index contributed by atoms with van der Waals surface area (Å²) in [5, 5.41) is 9.45. The van der Waals surface area contributed by atoms with Crippen LogP contribution in [-0.2, 0) is 11.0 Å². The molecule has 0 unspecified atom stereocenters. The summed E-state index contributed by atoms with van der Waals surface area (Å²) in [6.07, 6.45) is -4.37. The minimum absolute atomic E-state index is 0.00261. The standard InChI is InChI=1S/C14H14F3N3O2S/c15-14(16,17)9-1-2-11-10(7-9)18-13(23-11)20-5-3-19(4-6-20)8-12(21)22/h1-2,7H,3-6,8H2,(H,21,22). The Balaban J connectivity index is 1.75. The van der Waals surface area contributed by atoms with Crippen molar-refractivity contribution in [1.82, 2.24) is 9.88 Å². The number of hydrogen-bond donors (Lipinski definition) is 1. The van der Waals surface area contributed by atoms with E-state index in [1.807, 2.05) is 9.80 Å². The zero-order valence-corrected chi connectivity index (χ0v) is 12.8. The fourth-order valence-corrected chi connectivity index (χ4v) is 3.51. The van der Waals surface area contributed by atoms with E-state index in [4.69, 9.17) is 5.11 Å². The number of benzene rings is 1. The second kappa shape index (κ2) is 5.97. The Morgan fingerprint density at radius 1 is 1.26 bits per heavy atom. The van der Waals surface area contributed by atoms with Crippen LogP contribution in [0.3, 0.4) is 0 Å². The molecular weight excluding hydrogens is 331 g/mol. The van der Waals surface area contributed by atoms with E-state index in [0.29, 0.717) is 41.5 Å². The molecule has 1 fully saturated rings. The van der Waals surface area contributed by atoms with Crippen molar-refractivity contribution in [1.29, 1.82) is 0 Å². The molecule has 0 radical (unpaired) electrons. The predicted molar refractivity (Wildman–Crippen MR) is 80.9 cm³/mol. The minimum atomic E-state index is -4.37. The summed E-state index contributed by atoms with van der Waals surface area (Å²) >= 11 is 1.35. The Bertz CT molecular complexity index is 724. The van der Waals surface area contributed by atoms with Crippen LogP contribution in [-0.4, -0.2) is 53.7 Å². The number of carbonyl (C=O) groups is 1. The van der Waals surface area contributed by atoms with Crippen molar-refractivity contribution in [3.8, 4) is 0 Å². The monoisotopic (exact) mass is 345 g/mol. The van der Waals surface area contributed by atoms with Crippen LogP contribution in [0.2, 0.25) is 0 Å². The molecule has 124 valence electrons. The number of aromatic nitrogens is 1. The molecule has 2 heterocycles. The van der Waals surface area contributed by atoms with Crippen molar-refractivity contribution < 1.29 is 23.1 Å². The lowest BCUT2D eigenvalue weighted by molar-refractivity contribution is -0.138. The van der Waals surface area contributed by atoms with E-state index in [2.05, 4.69) is 4.98 Å². The van der Waals surface area contributed by atoms with E-state index < -0.39 is 17.7 Å². The minimum Gasteiger partial charge on any atom is -0.480 e. The highest BCUT2D eigenvalue weighted by atomic mass is 32.1. The van der Waals surface area contributed by atoms with Crippen LogP contribution in [0.25, 0.3) is 10.2 Å². The number of halogens is 3. The lowest BCUT2D eigenvalue weighted by Gasteiger charge is -2.33. The molecule has 0 amide bonds. The number of piperazine rings is 1. The molecule has 3 rings (SSSR count). The zero-order valence-electron chi connectivity index (χ0n) is 12.0. The molecule has 1 aromatic heterocycles. The molecule has 1 saturated heterocycles. The van der Waals surface area contributed by atoms with Crippen molar-refractivity contribution >= 4 is 32.7 Å². The lowest BCUT2D eigenvalue weighted by Crippen LogP contribution is -2.47. The summed E-state index contributed by atoms with van der Waals surface area (Å²) in [5.41, 5.74) is -0.360. The van der Waals surface area contributed by atoms with Crippen LogP contribution < -0.4 is 4.90 Å². The molecule has 0 bridgehead atoms. The summed E-state index contributed by atoms with van der Waals surface area (Å²) in [6.45, 7) is 2.41. The Labute approximate surface area is 133 Å². The molecule has 1 N–H and O–H groups in total. The van der Waals surface area contributed by atoms with Gasteiger partial charge in [0, 0.05) is 26.2 Å². The molecule has 0 aliphatic carbocycles. The highest BCUT2D eigenvalue weighted by Gasteiger charge is 2.31. The number of rotatable bonds is 3. The van der Waals surface area contributed by atoms with Gasteiger partial charge in [-0.1, -0.05) is 11.3 Å². The highest BCUT2D eigenvalue weighted by Crippen LogP contribution is 2.35. The smallest absolute Gasteiger partial charge is 0.416 e. The van der Waals surface area contributed by atoms with Gasteiger partial charge in [-0.3, -0.25) is 9.69 Å². The third-order valence-electron chi connectivity index (χ3n) is 3.71. The number of carboxylic acids is 1. The fourth-order valence-electron chi connectivity index (χ4n) is 2.52. The molecule has 0 saturated carbocycles. The van der Waals surface area contributed by atoms with Crippen LogP contribution in [0.15, 0.2) is 18.2 Å². The summed E-state index contributed by atoms with van der Waals surface area (Å²) in [5.74, 6) is -0.863. The second-order valence-electron chi connectivity index (χ2n) is 5.33. The molecule has 23 heavy (non-hydrogen) atoms. The Hall–Kier alpha value is -1.87. The van der Waals surface area contributed by atoms with Gasteiger partial charge in [-0.15, -0.1) is 0 Å². The Morgan fingerprint density at radius 2 is 1.96 bits per heavy atom. The van der Waals surface area contributed by atoms with E-state index in [1.165, 1.54) is 17.4 Å². The van der Waals surface area contributed by atoms with Crippen molar-refractivity contribution in [3.05, 3.63) is 23.8 Å². The van der Waals surface area contributed by atoms with Crippen molar-refractivity contribution in [3.63, 3.8) is 0 Å². The maximum absolute atomic E-state index is 12.7. The molecular formula is C14H14F3N3O2S. The number of hydrogen-bond acceptors (Lipinski definition) is 5. The number of anilines is 1. The maximum atomic E-state index is 12.7. The first kappa shape index (κ1) is 16.0. The van der Waals surface area contributed by atoms with Gasteiger partial charge >= 0.3 is 12.1 Å². The van der Waals surface area contributed by atoms with Crippen LogP contribution >= 0.6 is 11.3 Å². The fraction of sp³-hybridized carbons (Fsp3) is 0.429. The SMILES string of the molecule is O=C(O)CN1CCN(c2nc3cc(C(F)(F)F)ccc3s2)CC1. The average Bonchev–Trinajstić information content (AvgIpc) is 2.89. The van der Waals surface area contributed by atoms with Gasteiger partial charge in [0.05, 0.1) is 22.3 Å². The number of alkyl halides is 3. The normalized spacial score (nSPS) is 16.9. The van der Waals surface area contributed by atoms with Crippen LogP contribution in [0.1, 0.15) is 5.56 Å². The summed E-state index contributed by atoms with van der Waals surface area (Å²) in [6, 6.07) is 3.57. The third kappa shape index (κ3) is 3.56. The lowest BCUT2D eigenvalue weighted by atomic mass is 10.2. The molecule has 1 aromatic carbocycles. The Kier molecular flexibility index (Phi) is 4.15. The Morgan fingerprint density at radius 3 is 2.57 bits per heavy atom. The van der Waals surface area contributed by atoms with Crippen LogP contribution in [0, 0.1) is 0 Å². The van der Waals surface area contributed by atoms with Crippen LogP contribution in [0.4, 0.5) is 18.3 Å². The first-order chi connectivity index (χ1) is 10.8. The first-order valence-electron chi connectivity index (χ1n) is 7.00. The zero-order chi connectivity index (χ0) is 16.6. The number of thiazole rings is 1. The quantitative estimate of drug-likeness (QED) is 0.926. The molecule has 1 aliphatic heterocycles. The number of carboxylic acid groups (broad SMARTS) is 1. The second-order valence-corrected chi connectivity index (χ2v) is 6.34. The van der Waals surface area contributed by atoms with Gasteiger partial charge in [-0.05, 0) is 18.2 Å². The molecule has 9 heteroatoms. The van der Waals surface area contributed by atoms with Crippen molar-refractivity contribution in [2.75, 3.05) is 37.6 Å². The summed E-state index contributed by atoms with van der Waals surface area (Å²) in [4.78, 5) is 18.8. The van der Waals surface area contributed by atoms with Gasteiger partial charge < -0.3 is 10.0 Å². The topological polar surface area (TPSA) is 56.7 Å². The van der Waals surface area contributed by atoms with Crippen molar-refractivity contribution in [2.45, 2.75) is 6.18 Å². The van der Waals surface area contributed by atoms with Gasteiger partial charge in [0.1, 0.15) is 0 Å². The molecule has 2 aromatic rings. The number of aliphatic carboxylic acids is 1. The van der Waals surface area contributed by atoms with Gasteiger partial charge in [0.25, 0.3) is 0 Å². The number of nitrogens with zero attached hydrogens (tertiary/aromatic N) is 3. The van der Waals surface area contributed by atoms with Gasteiger partial charge in [0.15, 0.2) is 5.13 Å². The molecule has 1 aliphatic rings. The molecule has 0 spiro atoms. The van der Waals surface area contributed by atoms with E-state index >= 15 is 0 Å². The van der Waals surface area contributed by atoms with E-state index in [9.17, 15) is 18.0 Å². The molecule has 0 atom stereocenters. The summed E-state index contributed by atoms with van der Waals surface area (Å²) in [7, 11) is 0.